The summed E-state index contributed by atoms with van der Waals surface area (Å²) in [5.41, 5.74) is 1.84. The number of nitrogens with one attached hydrogen (secondary N) is 1. The zero-order chi connectivity index (χ0) is 17.8. The Morgan fingerprint density at radius 3 is 2.60 bits per heavy atom. The number of fused-ring (bicyclic) bond motifs is 1. The van der Waals surface area contributed by atoms with E-state index in [0.29, 0.717) is 24.5 Å². The Labute approximate surface area is 144 Å². The number of carboxylic acids is 1. The Morgan fingerprint density at radius 1 is 1.12 bits per heavy atom. The van der Waals surface area contributed by atoms with Crippen molar-refractivity contribution in [3.8, 4) is 5.75 Å². The van der Waals surface area contributed by atoms with E-state index in [0.717, 1.165) is 10.9 Å². The van der Waals surface area contributed by atoms with Crippen molar-refractivity contribution < 1.29 is 19.4 Å². The SMILES string of the molecule is Cn1ccc2c(C(=O)NCCOc3ccc(C(=O)O)cc3)cccc21. The predicted molar refractivity (Wildman–Crippen MR) is 94.1 cm³/mol. The highest BCUT2D eigenvalue weighted by molar-refractivity contribution is 6.06. The van der Waals surface area contributed by atoms with Crippen LogP contribution in [0.25, 0.3) is 10.9 Å². The third-order valence-electron chi connectivity index (χ3n) is 3.93. The minimum atomic E-state index is -0.978. The molecule has 3 rings (SSSR count). The lowest BCUT2D eigenvalue weighted by atomic mass is 10.1. The van der Waals surface area contributed by atoms with Gasteiger partial charge in [-0.15, -0.1) is 0 Å². The van der Waals surface area contributed by atoms with E-state index in [1.54, 1.807) is 18.2 Å². The summed E-state index contributed by atoms with van der Waals surface area (Å²) < 4.78 is 7.48. The first-order valence-corrected chi connectivity index (χ1v) is 7.84. The normalized spacial score (nSPS) is 10.6. The van der Waals surface area contributed by atoms with Crippen LogP contribution in [0.4, 0.5) is 0 Å². The Hall–Kier alpha value is -3.28. The summed E-state index contributed by atoms with van der Waals surface area (Å²) in [7, 11) is 1.94. The van der Waals surface area contributed by atoms with Gasteiger partial charge in [0.1, 0.15) is 12.4 Å². The van der Waals surface area contributed by atoms with Gasteiger partial charge in [0.15, 0.2) is 0 Å². The van der Waals surface area contributed by atoms with Gasteiger partial charge in [-0.3, -0.25) is 4.79 Å². The summed E-state index contributed by atoms with van der Waals surface area (Å²) in [5.74, 6) is -0.570. The van der Waals surface area contributed by atoms with E-state index in [-0.39, 0.29) is 11.5 Å². The quantitative estimate of drug-likeness (QED) is 0.677. The molecule has 0 saturated carbocycles. The van der Waals surface area contributed by atoms with Crippen molar-refractivity contribution >= 4 is 22.8 Å². The number of benzene rings is 2. The summed E-state index contributed by atoms with van der Waals surface area (Å²) in [6.07, 6.45) is 1.92. The standard InChI is InChI=1S/C19H18N2O4/c1-21-11-9-15-16(3-2-4-17(15)21)18(22)20-10-12-25-14-7-5-13(6-8-14)19(23)24/h2-9,11H,10,12H2,1H3,(H,20,22)(H,23,24). The fraction of sp³-hybridized carbons (Fsp3) is 0.158. The second-order valence-electron chi connectivity index (χ2n) is 5.60. The number of carboxylic acid groups (broad SMARTS) is 1. The zero-order valence-electron chi connectivity index (χ0n) is 13.7. The Balaban J connectivity index is 1.55. The minimum absolute atomic E-state index is 0.151. The summed E-state index contributed by atoms with van der Waals surface area (Å²) in [4.78, 5) is 23.1. The lowest BCUT2D eigenvalue weighted by Crippen LogP contribution is -2.28. The molecule has 0 spiro atoms. The molecule has 0 fully saturated rings. The molecule has 0 bridgehead atoms. The van der Waals surface area contributed by atoms with Gasteiger partial charge >= 0.3 is 5.97 Å². The summed E-state index contributed by atoms with van der Waals surface area (Å²) >= 11 is 0. The summed E-state index contributed by atoms with van der Waals surface area (Å²) in [6.45, 7) is 0.645. The van der Waals surface area contributed by atoms with E-state index >= 15 is 0 Å². The van der Waals surface area contributed by atoms with E-state index in [1.165, 1.54) is 12.1 Å². The van der Waals surface area contributed by atoms with Gasteiger partial charge in [0.05, 0.1) is 12.1 Å². The number of aromatic nitrogens is 1. The minimum Gasteiger partial charge on any atom is -0.492 e. The molecular formula is C19H18N2O4. The molecule has 0 aliphatic heterocycles. The van der Waals surface area contributed by atoms with E-state index in [1.807, 2.05) is 36.0 Å². The van der Waals surface area contributed by atoms with Gasteiger partial charge in [0.2, 0.25) is 0 Å². The Morgan fingerprint density at radius 2 is 1.88 bits per heavy atom. The van der Waals surface area contributed by atoms with E-state index < -0.39 is 5.97 Å². The van der Waals surface area contributed by atoms with Crippen LogP contribution in [0.1, 0.15) is 20.7 Å². The smallest absolute Gasteiger partial charge is 0.335 e. The monoisotopic (exact) mass is 338 g/mol. The van der Waals surface area contributed by atoms with Crippen LogP contribution in [0.2, 0.25) is 0 Å². The maximum atomic E-state index is 12.4. The lowest BCUT2D eigenvalue weighted by Gasteiger charge is -2.09. The predicted octanol–water partition coefficient (Wildman–Crippen LogP) is 2.69. The maximum absolute atomic E-state index is 12.4. The van der Waals surface area contributed by atoms with Crippen molar-refractivity contribution in [2.24, 2.45) is 7.05 Å². The highest BCUT2D eigenvalue weighted by Gasteiger charge is 2.11. The van der Waals surface area contributed by atoms with Gasteiger partial charge in [0.25, 0.3) is 5.91 Å². The van der Waals surface area contributed by atoms with Crippen LogP contribution in [-0.4, -0.2) is 34.7 Å². The molecule has 128 valence electrons. The second kappa shape index (κ2) is 7.09. The topological polar surface area (TPSA) is 80.6 Å². The second-order valence-corrected chi connectivity index (χ2v) is 5.60. The number of aromatic carboxylic acids is 1. The average Bonchev–Trinajstić information content (AvgIpc) is 3.00. The van der Waals surface area contributed by atoms with E-state index in [9.17, 15) is 9.59 Å². The van der Waals surface area contributed by atoms with Crippen molar-refractivity contribution in [2.75, 3.05) is 13.2 Å². The van der Waals surface area contributed by atoms with Gasteiger partial charge in [-0.2, -0.15) is 0 Å². The third-order valence-corrected chi connectivity index (χ3v) is 3.93. The number of carbonyl (C=O) groups is 2. The fourth-order valence-electron chi connectivity index (χ4n) is 2.62. The molecule has 1 amide bonds. The van der Waals surface area contributed by atoms with Crippen LogP contribution < -0.4 is 10.1 Å². The molecule has 0 aliphatic rings. The molecule has 0 atom stereocenters. The van der Waals surface area contributed by atoms with Crippen LogP contribution in [0.3, 0.4) is 0 Å². The van der Waals surface area contributed by atoms with Crippen LogP contribution >= 0.6 is 0 Å². The molecule has 6 heteroatoms. The van der Waals surface area contributed by atoms with Gasteiger partial charge in [-0.25, -0.2) is 4.79 Å². The molecule has 2 aromatic carbocycles. The highest BCUT2D eigenvalue weighted by atomic mass is 16.5. The summed E-state index contributed by atoms with van der Waals surface area (Å²) in [6, 6.07) is 13.7. The lowest BCUT2D eigenvalue weighted by molar-refractivity contribution is 0.0696. The number of hydrogen-bond donors (Lipinski definition) is 2. The zero-order valence-corrected chi connectivity index (χ0v) is 13.7. The Bertz CT molecular complexity index is 913. The first-order chi connectivity index (χ1) is 12.1. The molecule has 6 nitrogen and oxygen atoms in total. The van der Waals surface area contributed by atoms with Crippen molar-refractivity contribution in [1.29, 1.82) is 0 Å². The molecule has 25 heavy (non-hydrogen) atoms. The van der Waals surface area contributed by atoms with Crippen LogP contribution in [0.5, 0.6) is 5.75 Å². The van der Waals surface area contributed by atoms with Crippen LogP contribution in [-0.2, 0) is 7.05 Å². The van der Waals surface area contributed by atoms with Gasteiger partial charge < -0.3 is 19.7 Å². The molecule has 3 aromatic rings. The van der Waals surface area contributed by atoms with Crippen LogP contribution in [0.15, 0.2) is 54.7 Å². The molecule has 0 unspecified atom stereocenters. The number of hydrogen-bond acceptors (Lipinski definition) is 3. The van der Waals surface area contributed by atoms with E-state index in [2.05, 4.69) is 5.32 Å². The average molecular weight is 338 g/mol. The number of rotatable bonds is 6. The number of carbonyl (C=O) groups excluding carboxylic acids is 1. The highest BCUT2D eigenvalue weighted by Crippen LogP contribution is 2.19. The van der Waals surface area contributed by atoms with E-state index in [4.69, 9.17) is 9.84 Å². The third kappa shape index (κ3) is 3.63. The van der Waals surface area contributed by atoms with Crippen molar-refractivity contribution in [3.63, 3.8) is 0 Å². The van der Waals surface area contributed by atoms with Crippen molar-refractivity contribution in [1.82, 2.24) is 9.88 Å². The first-order valence-electron chi connectivity index (χ1n) is 7.84. The fourth-order valence-corrected chi connectivity index (χ4v) is 2.62. The molecule has 1 aromatic heterocycles. The Kier molecular flexibility index (Phi) is 4.70. The maximum Gasteiger partial charge on any atom is 0.335 e. The number of aryl methyl sites for hydroxylation is 1. The molecule has 0 aliphatic carbocycles. The largest absolute Gasteiger partial charge is 0.492 e. The van der Waals surface area contributed by atoms with Crippen molar-refractivity contribution in [3.05, 3.63) is 65.9 Å². The first kappa shape index (κ1) is 16.6. The van der Waals surface area contributed by atoms with Crippen molar-refractivity contribution in [2.45, 2.75) is 0 Å². The van der Waals surface area contributed by atoms with Gasteiger partial charge in [-0.1, -0.05) is 6.07 Å². The molecule has 1 heterocycles. The summed E-state index contributed by atoms with van der Waals surface area (Å²) in [5, 5.41) is 12.6. The van der Waals surface area contributed by atoms with Gasteiger partial charge in [-0.05, 0) is 42.5 Å². The number of ether oxygens (including phenoxy) is 1. The molecule has 0 saturated heterocycles. The molecular weight excluding hydrogens is 320 g/mol. The van der Waals surface area contributed by atoms with Gasteiger partial charge in [0, 0.05) is 29.7 Å². The molecule has 0 radical (unpaired) electrons. The number of amides is 1. The number of nitrogens with zero attached hydrogens (tertiary/aromatic N) is 1. The van der Waals surface area contributed by atoms with Crippen LogP contribution in [0, 0.1) is 0 Å². The molecule has 2 N–H and O–H groups in total.